The molecule has 4 aromatic rings. The first-order valence-electron chi connectivity index (χ1n) is 15.0. The summed E-state index contributed by atoms with van der Waals surface area (Å²) in [5.41, 5.74) is 9.77. The summed E-state index contributed by atoms with van der Waals surface area (Å²) in [5, 5.41) is 0. The van der Waals surface area contributed by atoms with E-state index in [1.807, 2.05) is 12.2 Å². The number of H-pyrrole nitrogens is 2. The maximum atomic E-state index is 6.68. The Morgan fingerprint density at radius 2 is 1.34 bits per heavy atom. The van der Waals surface area contributed by atoms with Crippen molar-refractivity contribution in [1.82, 2.24) is 19.9 Å². The Hall–Kier alpha value is -4.38. The minimum atomic E-state index is 0.199. The van der Waals surface area contributed by atoms with Crippen molar-refractivity contribution in [1.29, 1.82) is 0 Å². The maximum Gasteiger partial charge on any atom is 0.127 e. The van der Waals surface area contributed by atoms with Gasteiger partial charge < -0.3 is 14.7 Å². The molecule has 5 heterocycles. The highest BCUT2D eigenvalue weighted by Gasteiger charge is 2.19. The largest absolute Gasteiger partial charge is 0.490 e. The lowest BCUT2D eigenvalue weighted by atomic mass is 10.0. The average Bonchev–Trinajstić information content (AvgIpc) is 3.78. The molecule has 0 fully saturated rings. The van der Waals surface area contributed by atoms with Crippen molar-refractivity contribution in [3.8, 4) is 5.75 Å². The molecule has 2 aliphatic rings. The molecule has 0 saturated heterocycles. The van der Waals surface area contributed by atoms with Crippen molar-refractivity contribution in [2.75, 3.05) is 0 Å². The number of aromatic nitrogens is 4. The van der Waals surface area contributed by atoms with E-state index in [9.17, 15) is 0 Å². The third-order valence-corrected chi connectivity index (χ3v) is 7.72. The monoisotopic (exact) mass is 542 g/mol. The zero-order valence-corrected chi connectivity index (χ0v) is 24.0. The standard InChI is InChI=1S/C36H38N4O/c1-3-5-6-7-8-11-32(4-2)41-36-13-10-9-12-33(36)34-23-31-22-29-17-16-27(38-29)20-25-14-15-26(37-25)21-28-18-19-30(39-28)24-35(34)40-31/h9-10,12-24,32,37-38H,3-8,11H2,1-2H3. The maximum absolute atomic E-state index is 6.68. The molecule has 0 spiro atoms. The fourth-order valence-corrected chi connectivity index (χ4v) is 5.52. The van der Waals surface area contributed by atoms with Gasteiger partial charge in [-0.3, -0.25) is 0 Å². The number of benzene rings is 1. The number of unbranched alkanes of at least 4 members (excludes halogenated alkanes) is 4. The molecule has 6 rings (SSSR count). The number of hydrogen-bond acceptors (Lipinski definition) is 3. The molecule has 3 aromatic heterocycles. The summed E-state index contributed by atoms with van der Waals surface area (Å²) >= 11 is 0. The fraction of sp³-hybridized carbons (Fsp3) is 0.278. The van der Waals surface area contributed by atoms with Crippen LogP contribution in [0.2, 0.25) is 0 Å². The van der Waals surface area contributed by atoms with Crippen LogP contribution < -0.4 is 4.74 Å². The molecule has 208 valence electrons. The highest BCUT2D eigenvalue weighted by Crippen LogP contribution is 2.35. The van der Waals surface area contributed by atoms with E-state index in [0.29, 0.717) is 0 Å². The van der Waals surface area contributed by atoms with Gasteiger partial charge in [0.05, 0.1) is 28.9 Å². The lowest BCUT2D eigenvalue weighted by Gasteiger charge is -2.20. The minimum absolute atomic E-state index is 0.199. The third-order valence-electron chi connectivity index (χ3n) is 7.72. The zero-order chi connectivity index (χ0) is 28.0. The van der Waals surface area contributed by atoms with Gasteiger partial charge in [0.25, 0.3) is 0 Å². The van der Waals surface area contributed by atoms with Gasteiger partial charge in [0.1, 0.15) is 5.75 Å². The highest BCUT2D eigenvalue weighted by molar-refractivity contribution is 5.95. The molecular weight excluding hydrogens is 504 g/mol. The van der Waals surface area contributed by atoms with E-state index < -0.39 is 0 Å². The number of fused-ring (bicyclic) bond motifs is 8. The van der Waals surface area contributed by atoms with E-state index in [1.165, 1.54) is 32.1 Å². The van der Waals surface area contributed by atoms with Crippen LogP contribution in [-0.4, -0.2) is 26.0 Å². The van der Waals surface area contributed by atoms with Gasteiger partial charge in [-0.1, -0.05) is 57.7 Å². The predicted molar refractivity (Wildman–Crippen MR) is 171 cm³/mol. The first-order chi connectivity index (χ1) is 20.2. The number of rotatable bonds is 10. The van der Waals surface area contributed by atoms with E-state index in [1.54, 1.807) is 0 Å². The van der Waals surface area contributed by atoms with Gasteiger partial charge in [0, 0.05) is 33.2 Å². The van der Waals surface area contributed by atoms with Crippen molar-refractivity contribution in [3.63, 3.8) is 0 Å². The van der Waals surface area contributed by atoms with Gasteiger partial charge in [-0.25, -0.2) is 9.97 Å². The third kappa shape index (κ3) is 6.51. The minimum Gasteiger partial charge on any atom is -0.490 e. The van der Waals surface area contributed by atoms with Crippen molar-refractivity contribution < 1.29 is 4.74 Å². The zero-order valence-electron chi connectivity index (χ0n) is 24.0. The second kappa shape index (κ2) is 12.4. The van der Waals surface area contributed by atoms with Crippen LogP contribution in [0.1, 0.15) is 87.1 Å². The molecule has 1 unspecified atom stereocenters. The Kier molecular flexibility index (Phi) is 8.13. The van der Waals surface area contributed by atoms with Gasteiger partial charge in [0.15, 0.2) is 0 Å². The van der Waals surface area contributed by atoms with Crippen LogP contribution in [0.3, 0.4) is 0 Å². The number of nitrogens with one attached hydrogen (secondary N) is 2. The Morgan fingerprint density at radius 1 is 0.683 bits per heavy atom. The van der Waals surface area contributed by atoms with E-state index >= 15 is 0 Å². The Balaban J connectivity index is 1.40. The van der Waals surface area contributed by atoms with Gasteiger partial charge in [0.2, 0.25) is 0 Å². The molecule has 5 heteroatoms. The number of ether oxygens (including phenoxy) is 1. The van der Waals surface area contributed by atoms with Crippen molar-refractivity contribution >= 4 is 45.9 Å². The van der Waals surface area contributed by atoms with Crippen LogP contribution in [0, 0.1) is 0 Å². The van der Waals surface area contributed by atoms with E-state index in [4.69, 9.17) is 14.7 Å². The summed E-state index contributed by atoms with van der Waals surface area (Å²) in [6, 6.07) is 25.1. The Bertz CT molecular complexity index is 1740. The molecule has 8 bridgehead atoms. The van der Waals surface area contributed by atoms with E-state index in [-0.39, 0.29) is 6.10 Å². The van der Waals surface area contributed by atoms with E-state index in [2.05, 4.69) is 103 Å². The quantitative estimate of drug-likeness (QED) is 0.169. The molecule has 41 heavy (non-hydrogen) atoms. The molecular formula is C36H38N4O. The summed E-state index contributed by atoms with van der Waals surface area (Å²) in [7, 11) is 0. The number of nitrogens with zero attached hydrogens (tertiary/aromatic N) is 2. The number of para-hydroxylation sites is 1. The van der Waals surface area contributed by atoms with Gasteiger partial charge in [-0.2, -0.15) is 0 Å². The predicted octanol–water partition coefficient (Wildman–Crippen LogP) is 9.59. The van der Waals surface area contributed by atoms with Crippen LogP contribution in [-0.2, 0) is 0 Å². The van der Waals surface area contributed by atoms with Crippen LogP contribution in [0.25, 0.3) is 45.9 Å². The second-order valence-electron chi connectivity index (χ2n) is 10.9. The second-order valence-corrected chi connectivity index (χ2v) is 10.9. The summed E-state index contributed by atoms with van der Waals surface area (Å²) in [6.45, 7) is 4.48. The van der Waals surface area contributed by atoms with Crippen molar-refractivity contribution in [2.45, 2.75) is 64.9 Å². The molecule has 2 N–H and O–H groups in total. The van der Waals surface area contributed by atoms with Gasteiger partial charge in [-0.15, -0.1) is 0 Å². The first-order valence-corrected chi connectivity index (χ1v) is 15.0. The summed E-state index contributed by atoms with van der Waals surface area (Å²) in [6.07, 6.45) is 14.9. The Morgan fingerprint density at radius 3 is 2.07 bits per heavy atom. The molecule has 0 amide bonds. The Labute approximate surface area is 242 Å². The van der Waals surface area contributed by atoms with E-state index in [0.717, 1.165) is 74.6 Å². The average molecular weight is 543 g/mol. The number of aromatic amines is 2. The fourth-order valence-electron chi connectivity index (χ4n) is 5.52. The number of hydrogen-bond donors (Lipinski definition) is 2. The molecule has 0 saturated carbocycles. The molecule has 0 radical (unpaired) electrons. The summed E-state index contributed by atoms with van der Waals surface area (Å²) in [4.78, 5) is 16.9. The highest BCUT2D eigenvalue weighted by atomic mass is 16.5. The lowest BCUT2D eigenvalue weighted by Crippen LogP contribution is -2.16. The topological polar surface area (TPSA) is 66.6 Å². The van der Waals surface area contributed by atoms with Crippen LogP contribution in [0.15, 0.2) is 72.8 Å². The van der Waals surface area contributed by atoms with Crippen LogP contribution >= 0.6 is 0 Å². The lowest BCUT2D eigenvalue weighted by molar-refractivity contribution is 0.182. The van der Waals surface area contributed by atoms with Gasteiger partial charge in [-0.05, 0) is 92.1 Å². The van der Waals surface area contributed by atoms with Crippen molar-refractivity contribution in [2.24, 2.45) is 0 Å². The van der Waals surface area contributed by atoms with Crippen LogP contribution in [0.5, 0.6) is 5.75 Å². The van der Waals surface area contributed by atoms with Crippen molar-refractivity contribution in [3.05, 3.63) is 101 Å². The van der Waals surface area contributed by atoms with Gasteiger partial charge >= 0.3 is 0 Å². The first kappa shape index (κ1) is 26.8. The smallest absolute Gasteiger partial charge is 0.127 e. The SMILES string of the molecule is CCCCCCCC(CC)Oc1ccccc1C1=Cc2cc3ccc(cc4ccc(cc5nc(cc1n2)C=C5)[nH]4)[nH]3. The summed E-state index contributed by atoms with van der Waals surface area (Å²) < 4.78 is 6.68. The molecule has 5 nitrogen and oxygen atoms in total. The molecule has 2 aliphatic heterocycles. The van der Waals surface area contributed by atoms with Crippen LogP contribution in [0.4, 0.5) is 0 Å². The summed E-state index contributed by atoms with van der Waals surface area (Å²) in [5.74, 6) is 0.913. The normalized spacial score (nSPS) is 13.3. The molecule has 1 aromatic carbocycles. The molecule has 1 atom stereocenters. The molecule has 0 aliphatic carbocycles.